The van der Waals surface area contributed by atoms with Crippen molar-refractivity contribution in [3.05, 3.63) is 113 Å². The normalized spacial score (nSPS) is 12.8. The number of fused-ring (bicyclic) bond motifs is 4. The summed E-state index contributed by atoms with van der Waals surface area (Å²) in [5, 5.41) is 5.61. The number of aromatic nitrogens is 2. The van der Waals surface area contributed by atoms with Gasteiger partial charge in [-0.3, -0.25) is 0 Å². The first-order valence-electron chi connectivity index (χ1n) is 18.0. The molecule has 270 valence electrons. The molecular formula is C47H49AuN2OS. The van der Waals surface area contributed by atoms with Gasteiger partial charge in [-0.25, -0.2) is 10.5 Å². The minimum absolute atomic E-state index is 0. The third-order valence-corrected chi connectivity index (χ3v) is 10.8. The number of hydrogen-bond acceptors (Lipinski definition) is 3. The molecule has 7 rings (SSSR count). The van der Waals surface area contributed by atoms with Crippen LogP contribution in [-0.4, -0.2) is 4.98 Å². The first kappa shape index (κ1) is 38.1. The summed E-state index contributed by atoms with van der Waals surface area (Å²) in [7, 11) is 0. The molecule has 0 bridgehead atoms. The van der Waals surface area contributed by atoms with Crippen LogP contribution in [0.15, 0.2) is 78.3 Å². The molecule has 0 fully saturated rings. The van der Waals surface area contributed by atoms with Gasteiger partial charge in [0.15, 0.2) is 0 Å². The average molecular weight is 887 g/mol. The Bertz CT molecular complexity index is 2440. The second kappa shape index (κ2) is 13.3. The molecule has 0 N–H and O–H groups in total. The van der Waals surface area contributed by atoms with Crippen LogP contribution in [0.1, 0.15) is 105 Å². The first-order chi connectivity index (χ1) is 23.8. The number of nitrogens with zero attached hydrogens (tertiary/aromatic N) is 2. The van der Waals surface area contributed by atoms with Crippen molar-refractivity contribution in [3.63, 3.8) is 0 Å². The molecule has 0 aliphatic rings. The number of thiophene rings is 1. The van der Waals surface area contributed by atoms with Gasteiger partial charge in [0, 0.05) is 11.9 Å². The molecule has 0 amide bonds. The van der Waals surface area contributed by atoms with Crippen molar-refractivity contribution in [2.24, 2.45) is 0 Å². The largest absolute Gasteiger partial charge is 3.00 e. The SMILES string of the molecule is CC(C)(C)c1cc(Oc2nccc3ccsc23)[c-]c(-c2[c-]c(-c3cc(C(C)(C)C)cc4c3[n-]c3ccc(C(C)(C)C)cc34)cc(C(C)(C)C)c2)c1.[Au+3]. The first-order valence-corrected chi connectivity index (χ1v) is 18.9. The van der Waals surface area contributed by atoms with E-state index in [4.69, 9.17) is 9.72 Å². The number of rotatable bonds is 4. The summed E-state index contributed by atoms with van der Waals surface area (Å²) in [5.41, 5.74) is 10.9. The van der Waals surface area contributed by atoms with Crippen LogP contribution < -0.4 is 9.72 Å². The van der Waals surface area contributed by atoms with E-state index in [0.717, 1.165) is 48.9 Å². The van der Waals surface area contributed by atoms with Gasteiger partial charge in [0.2, 0.25) is 5.88 Å². The van der Waals surface area contributed by atoms with Crippen LogP contribution in [-0.2, 0) is 44.0 Å². The molecule has 3 aromatic heterocycles. The summed E-state index contributed by atoms with van der Waals surface area (Å²) < 4.78 is 7.59. The summed E-state index contributed by atoms with van der Waals surface area (Å²) in [4.78, 5) is 9.92. The second-order valence-corrected chi connectivity index (χ2v) is 19.1. The summed E-state index contributed by atoms with van der Waals surface area (Å²) in [6, 6.07) is 32.1. The Labute approximate surface area is 329 Å². The quantitative estimate of drug-likeness (QED) is 0.130. The maximum absolute atomic E-state index is 6.56. The second-order valence-electron chi connectivity index (χ2n) is 18.2. The van der Waals surface area contributed by atoms with Crippen LogP contribution in [0.3, 0.4) is 0 Å². The van der Waals surface area contributed by atoms with Crippen molar-refractivity contribution in [2.75, 3.05) is 0 Å². The van der Waals surface area contributed by atoms with Crippen LogP contribution in [0.25, 0.3) is 54.1 Å². The van der Waals surface area contributed by atoms with Crippen LogP contribution in [0.2, 0.25) is 0 Å². The van der Waals surface area contributed by atoms with E-state index in [0.29, 0.717) is 11.6 Å². The van der Waals surface area contributed by atoms with Crippen molar-refractivity contribution >= 4 is 43.2 Å². The monoisotopic (exact) mass is 886 g/mol. The summed E-state index contributed by atoms with van der Waals surface area (Å²) in [5.74, 6) is 1.26. The van der Waals surface area contributed by atoms with Crippen LogP contribution in [0.5, 0.6) is 11.6 Å². The molecule has 7 aromatic rings. The predicted octanol–water partition coefficient (Wildman–Crippen LogP) is 13.5. The van der Waals surface area contributed by atoms with Gasteiger partial charge in [0.25, 0.3) is 0 Å². The smallest absolute Gasteiger partial charge is 0.663 e. The fraction of sp³-hybridized carbons (Fsp3) is 0.340. The van der Waals surface area contributed by atoms with E-state index >= 15 is 0 Å². The van der Waals surface area contributed by atoms with Gasteiger partial charge in [0.1, 0.15) is 0 Å². The molecule has 0 aliphatic heterocycles. The zero-order chi connectivity index (χ0) is 36.7. The number of ether oxygens (including phenoxy) is 1. The Morgan fingerprint density at radius 2 is 1.17 bits per heavy atom. The summed E-state index contributed by atoms with van der Waals surface area (Å²) >= 11 is 1.64. The Kier molecular flexibility index (Phi) is 9.75. The van der Waals surface area contributed by atoms with E-state index in [9.17, 15) is 0 Å². The predicted molar refractivity (Wildman–Crippen MR) is 218 cm³/mol. The van der Waals surface area contributed by atoms with Gasteiger partial charge in [-0.15, -0.1) is 45.7 Å². The van der Waals surface area contributed by atoms with E-state index in [1.807, 2.05) is 12.3 Å². The standard InChI is InChI=1S/C47H49N2OS.Au/c1-44(2,3)32-13-14-40-38(25-32)39-27-35(47(10,11)12)26-37(41(39)49-40)31-19-29(20-33(22-31)45(4,5)6)30-21-34(46(7,8)9)24-36(23-30)50-43-42-28(15-17-48-43)16-18-51-42;/h13-18,20-22,24-27H,1-12H3;/q-3;+3. The minimum Gasteiger partial charge on any atom is -0.663 e. The molecule has 0 atom stereocenters. The van der Waals surface area contributed by atoms with Crippen LogP contribution in [0, 0.1) is 12.1 Å². The summed E-state index contributed by atoms with van der Waals surface area (Å²) in [6.07, 6.45) is 1.81. The van der Waals surface area contributed by atoms with Gasteiger partial charge >= 0.3 is 22.4 Å². The molecular weight excluding hydrogens is 838 g/mol. The van der Waals surface area contributed by atoms with Gasteiger partial charge in [-0.05, 0) is 66.5 Å². The van der Waals surface area contributed by atoms with E-state index in [2.05, 4.69) is 166 Å². The van der Waals surface area contributed by atoms with Crippen molar-refractivity contribution < 1.29 is 27.1 Å². The third-order valence-electron chi connectivity index (χ3n) is 9.93. The van der Waals surface area contributed by atoms with Crippen LogP contribution in [0.4, 0.5) is 0 Å². The Hall–Kier alpha value is -3.67. The molecule has 0 aliphatic carbocycles. The van der Waals surface area contributed by atoms with E-state index in [-0.39, 0.29) is 44.0 Å². The van der Waals surface area contributed by atoms with Crippen molar-refractivity contribution in [3.8, 4) is 33.9 Å². The van der Waals surface area contributed by atoms with Gasteiger partial charge < -0.3 is 9.72 Å². The Balaban J connectivity index is 0.00000464. The number of pyridine rings is 1. The van der Waals surface area contributed by atoms with Gasteiger partial charge in [0.05, 0.1) is 4.70 Å². The van der Waals surface area contributed by atoms with Crippen molar-refractivity contribution in [1.82, 2.24) is 9.97 Å². The molecule has 3 heterocycles. The molecule has 4 aromatic carbocycles. The maximum Gasteiger partial charge on any atom is 3.00 e. The molecule has 0 radical (unpaired) electrons. The summed E-state index contributed by atoms with van der Waals surface area (Å²) in [6.45, 7) is 27.2. The van der Waals surface area contributed by atoms with Gasteiger partial charge in [-0.1, -0.05) is 125 Å². The fourth-order valence-electron chi connectivity index (χ4n) is 6.55. The third kappa shape index (κ3) is 7.41. The maximum atomic E-state index is 6.56. The Morgan fingerprint density at radius 3 is 1.83 bits per heavy atom. The van der Waals surface area contributed by atoms with Gasteiger partial charge in [-0.2, -0.15) is 29.3 Å². The fourth-order valence-corrected chi connectivity index (χ4v) is 7.37. The molecule has 0 saturated heterocycles. The zero-order valence-electron chi connectivity index (χ0n) is 32.5. The number of hydrogen-bond donors (Lipinski definition) is 0. The minimum atomic E-state index is -0.118. The molecule has 0 unspecified atom stereocenters. The van der Waals surface area contributed by atoms with E-state index in [1.54, 1.807) is 11.3 Å². The van der Waals surface area contributed by atoms with Crippen molar-refractivity contribution in [2.45, 2.75) is 105 Å². The zero-order valence-corrected chi connectivity index (χ0v) is 35.5. The van der Waals surface area contributed by atoms with E-state index in [1.165, 1.54) is 27.5 Å². The topological polar surface area (TPSA) is 36.2 Å². The number of benzene rings is 4. The molecule has 5 heteroatoms. The molecule has 3 nitrogen and oxygen atoms in total. The molecule has 52 heavy (non-hydrogen) atoms. The van der Waals surface area contributed by atoms with Crippen LogP contribution >= 0.6 is 11.3 Å². The Morgan fingerprint density at radius 1 is 0.596 bits per heavy atom. The molecule has 0 spiro atoms. The van der Waals surface area contributed by atoms with E-state index < -0.39 is 0 Å². The van der Waals surface area contributed by atoms with Crippen molar-refractivity contribution in [1.29, 1.82) is 0 Å². The molecule has 0 saturated carbocycles. The average Bonchev–Trinajstić information content (AvgIpc) is 3.67.